The predicted molar refractivity (Wildman–Crippen MR) is 121 cm³/mol. The first-order valence-corrected chi connectivity index (χ1v) is 11.9. The third kappa shape index (κ3) is 3.25. The van der Waals surface area contributed by atoms with Crippen LogP contribution in [0.15, 0.2) is 30.6 Å². The van der Waals surface area contributed by atoms with Gasteiger partial charge in [0.1, 0.15) is 11.9 Å². The fourth-order valence-corrected chi connectivity index (χ4v) is 6.32. The Labute approximate surface area is 194 Å². The molecule has 170 valence electrons. The fourth-order valence-electron chi connectivity index (χ4n) is 5.19. The minimum absolute atomic E-state index is 0.0131. The van der Waals surface area contributed by atoms with Crippen LogP contribution in [0.3, 0.4) is 0 Å². The molecular weight excluding hydrogens is 443 g/mol. The van der Waals surface area contributed by atoms with E-state index in [1.54, 1.807) is 6.20 Å². The number of hydrogen-bond acceptors (Lipinski definition) is 7. The molecule has 0 spiro atoms. The van der Waals surface area contributed by atoms with Gasteiger partial charge in [-0.15, -0.1) is 11.3 Å². The maximum Gasteiger partial charge on any atom is 0.234 e. The smallest absolute Gasteiger partial charge is 0.234 e. The van der Waals surface area contributed by atoms with Crippen LogP contribution in [0.5, 0.6) is 5.88 Å². The number of thiophene rings is 1. The fraction of sp³-hybridized carbons (Fsp3) is 0.417. The van der Waals surface area contributed by atoms with E-state index < -0.39 is 5.82 Å². The summed E-state index contributed by atoms with van der Waals surface area (Å²) in [5.74, 6) is -0.627. The van der Waals surface area contributed by atoms with Crippen LogP contribution >= 0.6 is 11.3 Å². The molecule has 2 unspecified atom stereocenters. The summed E-state index contributed by atoms with van der Waals surface area (Å²) in [4.78, 5) is 36.4. The van der Waals surface area contributed by atoms with Crippen LogP contribution in [-0.2, 0) is 16.1 Å². The lowest BCUT2D eigenvalue weighted by atomic mass is 10.1. The monoisotopic (exact) mass is 466 g/mol. The molecule has 1 aliphatic carbocycles. The lowest BCUT2D eigenvalue weighted by molar-refractivity contribution is -0.143. The molecule has 5 heterocycles. The number of imide groups is 1. The van der Waals surface area contributed by atoms with E-state index in [0.29, 0.717) is 11.4 Å². The van der Waals surface area contributed by atoms with Gasteiger partial charge in [-0.05, 0) is 36.6 Å². The minimum atomic E-state index is -0.446. The van der Waals surface area contributed by atoms with Crippen molar-refractivity contribution in [1.29, 1.82) is 0 Å². The summed E-state index contributed by atoms with van der Waals surface area (Å²) in [7, 11) is 0. The second-order valence-electron chi connectivity index (χ2n) is 9.56. The quantitative estimate of drug-likeness (QED) is 0.581. The van der Waals surface area contributed by atoms with E-state index in [2.05, 4.69) is 15.3 Å². The largest absolute Gasteiger partial charge is 0.473 e. The Kier molecular flexibility index (Phi) is 4.57. The summed E-state index contributed by atoms with van der Waals surface area (Å²) in [6.45, 7) is 5.78. The number of nitrogens with zero attached hydrogens (tertiary/aromatic N) is 3. The van der Waals surface area contributed by atoms with Crippen molar-refractivity contribution in [2.75, 3.05) is 13.1 Å². The molecule has 3 fully saturated rings. The molecule has 3 aliphatic rings. The van der Waals surface area contributed by atoms with Crippen molar-refractivity contribution in [3.63, 3.8) is 0 Å². The van der Waals surface area contributed by atoms with Crippen LogP contribution in [0, 0.1) is 23.1 Å². The summed E-state index contributed by atoms with van der Waals surface area (Å²) in [6, 6.07) is 5.15. The first-order chi connectivity index (χ1) is 15.8. The third-order valence-electron chi connectivity index (χ3n) is 7.07. The third-order valence-corrected chi connectivity index (χ3v) is 8.21. The molecule has 2 aliphatic heterocycles. The molecule has 1 N–H and O–H groups in total. The molecule has 0 radical (unpaired) electrons. The van der Waals surface area contributed by atoms with Crippen molar-refractivity contribution in [2.24, 2.45) is 17.3 Å². The number of amides is 2. The Morgan fingerprint density at radius 3 is 2.73 bits per heavy atom. The van der Waals surface area contributed by atoms with Gasteiger partial charge < -0.3 is 10.1 Å². The van der Waals surface area contributed by atoms with Gasteiger partial charge in [-0.3, -0.25) is 19.5 Å². The molecule has 0 bridgehead atoms. The Bertz CT molecular complexity index is 1280. The summed E-state index contributed by atoms with van der Waals surface area (Å²) in [6.07, 6.45) is 3.69. The summed E-state index contributed by atoms with van der Waals surface area (Å²) >= 11 is 1.46. The number of likely N-dealkylation sites (tertiary alicyclic amines) is 1. The normalized spacial score (nSPS) is 25.7. The van der Waals surface area contributed by atoms with Crippen molar-refractivity contribution in [3.05, 3.63) is 41.3 Å². The van der Waals surface area contributed by atoms with Crippen LogP contribution in [0.4, 0.5) is 4.39 Å². The molecule has 9 heteroatoms. The second kappa shape index (κ2) is 7.30. The van der Waals surface area contributed by atoms with Gasteiger partial charge in [0.2, 0.25) is 17.7 Å². The van der Waals surface area contributed by atoms with E-state index in [4.69, 9.17) is 4.74 Å². The van der Waals surface area contributed by atoms with Crippen molar-refractivity contribution in [2.45, 2.75) is 32.9 Å². The zero-order valence-electron chi connectivity index (χ0n) is 18.3. The topological polar surface area (TPSA) is 84.4 Å². The number of nitrogens with one attached hydrogen (secondary N) is 1. The lowest BCUT2D eigenvalue weighted by Gasteiger charge is -2.19. The standard InChI is InChI=1S/C24H23FN4O3S/c1-24(2)18-19(24)23(31)29(22(18)30)11-14-8-17-20(33-14)15(4-6-27-17)16-7-12(25)9-28-21(16)32-13-3-5-26-10-13/h4,6-9,13,18-19,26H,3,5,10-11H2,1-2H3/t13-,18?,19?/m0/s1. The maximum absolute atomic E-state index is 14.2. The lowest BCUT2D eigenvalue weighted by Crippen LogP contribution is -2.35. The number of halogens is 1. The second-order valence-corrected chi connectivity index (χ2v) is 10.7. The highest BCUT2D eigenvalue weighted by Crippen LogP contribution is 2.63. The highest BCUT2D eigenvalue weighted by Gasteiger charge is 2.72. The van der Waals surface area contributed by atoms with E-state index in [1.165, 1.54) is 22.3 Å². The van der Waals surface area contributed by atoms with Gasteiger partial charge in [-0.2, -0.15) is 0 Å². The number of piperidine rings is 1. The summed E-state index contributed by atoms with van der Waals surface area (Å²) in [5.41, 5.74) is 1.84. The van der Waals surface area contributed by atoms with Crippen molar-refractivity contribution in [3.8, 4) is 17.0 Å². The molecular formula is C24H23FN4O3S. The average molecular weight is 467 g/mol. The Morgan fingerprint density at radius 2 is 2.00 bits per heavy atom. The zero-order chi connectivity index (χ0) is 22.9. The summed E-state index contributed by atoms with van der Waals surface area (Å²) in [5, 5.41) is 3.25. The molecule has 3 aromatic heterocycles. The molecule has 1 saturated carbocycles. The SMILES string of the molecule is CC1(C)C2C(=O)N(Cc3cc4nccc(-c5cc(F)cnc5O[C@H]5CCNC5)c4s3)C(=O)C21. The predicted octanol–water partition coefficient (Wildman–Crippen LogP) is 3.38. The molecule has 3 atom stereocenters. The summed E-state index contributed by atoms with van der Waals surface area (Å²) < 4.78 is 21.1. The number of pyridine rings is 2. The Balaban J connectivity index is 1.34. The minimum Gasteiger partial charge on any atom is -0.473 e. The molecule has 3 aromatic rings. The van der Waals surface area contributed by atoms with Gasteiger partial charge in [0.15, 0.2) is 0 Å². The van der Waals surface area contributed by atoms with Gasteiger partial charge in [0.25, 0.3) is 0 Å². The number of carbonyl (C=O) groups excluding carboxylic acids is 2. The first kappa shape index (κ1) is 20.7. The van der Waals surface area contributed by atoms with E-state index in [0.717, 1.165) is 46.4 Å². The van der Waals surface area contributed by atoms with Gasteiger partial charge in [0, 0.05) is 28.7 Å². The Hall–Kier alpha value is -2.91. The average Bonchev–Trinajstić information content (AvgIpc) is 3.23. The van der Waals surface area contributed by atoms with Crippen LogP contribution in [-0.4, -0.2) is 45.9 Å². The van der Waals surface area contributed by atoms with Crippen molar-refractivity contribution >= 4 is 33.4 Å². The molecule has 2 saturated heterocycles. The van der Waals surface area contributed by atoms with Gasteiger partial charge in [-0.1, -0.05) is 13.8 Å². The van der Waals surface area contributed by atoms with Crippen molar-refractivity contribution in [1.82, 2.24) is 20.2 Å². The van der Waals surface area contributed by atoms with E-state index in [1.807, 2.05) is 26.0 Å². The number of carbonyl (C=O) groups is 2. The number of aromatic nitrogens is 2. The number of rotatable bonds is 5. The van der Waals surface area contributed by atoms with Crippen LogP contribution in [0.2, 0.25) is 0 Å². The number of hydrogen-bond donors (Lipinski definition) is 1. The molecule has 6 rings (SSSR count). The molecule has 0 aromatic carbocycles. The van der Waals surface area contributed by atoms with Gasteiger partial charge >= 0.3 is 0 Å². The van der Waals surface area contributed by atoms with Gasteiger partial charge in [-0.25, -0.2) is 9.37 Å². The molecule has 2 amide bonds. The molecule has 33 heavy (non-hydrogen) atoms. The highest BCUT2D eigenvalue weighted by atomic mass is 32.1. The van der Waals surface area contributed by atoms with Crippen LogP contribution < -0.4 is 10.1 Å². The van der Waals surface area contributed by atoms with Crippen LogP contribution in [0.25, 0.3) is 21.3 Å². The van der Waals surface area contributed by atoms with E-state index >= 15 is 0 Å². The first-order valence-electron chi connectivity index (χ1n) is 11.1. The number of ether oxygens (including phenoxy) is 1. The van der Waals surface area contributed by atoms with Gasteiger partial charge in [0.05, 0.1) is 34.8 Å². The zero-order valence-corrected chi connectivity index (χ0v) is 19.1. The van der Waals surface area contributed by atoms with E-state index in [9.17, 15) is 14.0 Å². The highest BCUT2D eigenvalue weighted by molar-refractivity contribution is 7.19. The Morgan fingerprint density at radius 1 is 1.21 bits per heavy atom. The van der Waals surface area contributed by atoms with E-state index in [-0.39, 0.29) is 41.7 Å². The molecule has 7 nitrogen and oxygen atoms in total. The number of fused-ring (bicyclic) bond motifs is 2. The van der Waals surface area contributed by atoms with Crippen molar-refractivity contribution < 1.29 is 18.7 Å². The maximum atomic E-state index is 14.2. The van der Waals surface area contributed by atoms with Crippen LogP contribution in [0.1, 0.15) is 25.1 Å².